The molecule has 2 aromatic heterocycles. The van der Waals surface area contributed by atoms with E-state index in [2.05, 4.69) is 11.9 Å². The third kappa shape index (κ3) is 4.72. The molecule has 4 rings (SSSR count). The molecule has 0 spiro atoms. The number of benzene rings is 2. The third-order valence-corrected chi connectivity index (χ3v) is 7.03. The number of anilines is 1. The van der Waals surface area contributed by atoms with Gasteiger partial charge in [-0.15, -0.1) is 17.9 Å². The minimum absolute atomic E-state index is 0.139. The summed E-state index contributed by atoms with van der Waals surface area (Å²) in [4.78, 5) is 31.8. The van der Waals surface area contributed by atoms with Gasteiger partial charge in [-0.25, -0.2) is 4.98 Å². The van der Waals surface area contributed by atoms with E-state index in [0.717, 1.165) is 11.1 Å². The molecule has 1 atom stereocenters. The van der Waals surface area contributed by atoms with Crippen molar-refractivity contribution in [3.8, 4) is 16.9 Å². The van der Waals surface area contributed by atoms with Crippen molar-refractivity contribution in [3.05, 3.63) is 83.0 Å². The molecular formula is C25H23N3O3S2. The molecule has 0 saturated carbocycles. The zero-order valence-electron chi connectivity index (χ0n) is 18.3. The van der Waals surface area contributed by atoms with E-state index in [1.165, 1.54) is 23.1 Å². The van der Waals surface area contributed by atoms with Crippen LogP contribution in [0.15, 0.2) is 82.6 Å². The molecule has 0 aliphatic heterocycles. The largest absolute Gasteiger partial charge is 0.495 e. The number of nitrogens with zero attached hydrogens (tertiary/aromatic N) is 2. The SMILES string of the molecule is C=CCn1c(SC(C)C(=O)Nc2ccccc2OC)nc2scc(-c3ccccc3)c2c1=O. The maximum atomic E-state index is 13.5. The molecule has 2 aromatic carbocycles. The van der Waals surface area contributed by atoms with Gasteiger partial charge in [0, 0.05) is 17.5 Å². The number of thiophene rings is 1. The summed E-state index contributed by atoms with van der Waals surface area (Å²) in [5.41, 5.74) is 2.29. The average Bonchev–Trinajstić information content (AvgIpc) is 3.26. The molecule has 0 saturated heterocycles. The lowest BCUT2D eigenvalue weighted by Crippen LogP contribution is -2.26. The molecule has 6 nitrogen and oxygen atoms in total. The maximum Gasteiger partial charge on any atom is 0.263 e. The van der Waals surface area contributed by atoms with Crippen LogP contribution < -0.4 is 15.6 Å². The summed E-state index contributed by atoms with van der Waals surface area (Å²) in [5, 5.41) is 5.42. The number of methoxy groups -OCH3 is 1. The molecule has 1 N–H and O–H groups in total. The van der Waals surface area contributed by atoms with Crippen molar-refractivity contribution >= 4 is 44.9 Å². The molecule has 0 aliphatic rings. The molecule has 2 heterocycles. The van der Waals surface area contributed by atoms with E-state index >= 15 is 0 Å². The molecule has 0 radical (unpaired) electrons. The fraction of sp³-hybridized carbons (Fsp3) is 0.160. The highest BCUT2D eigenvalue weighted by molar-refractivity contribution is 8.00. The van der Waals surface area contributed by atoms with Crippen LogP contribution in [0, 0.1) is 0 Å². The first-order chi connectivity index (χ1) is 16.0. The quantitative estimate of drug-likeness (QED) is 0.208. The number of nitrogens with one attached hydrogen (secondary N) is 1. The number of rotatable bonds is 8. The Balaban J connectivity index is 1.67. The van der Waals surface area contributed by atoms with Gasteiger partial charge in [0.25, 0.3) is 5.56 Å². The number of hydrogen-bond donors (Lipinski definition) is 1. The molecule has 1 unspecified atom stereocenters. The molecule has 8 heteroatoms. The van der Waals surface area contributed by atoms with Gasteiger partial charge >= 0.3 is 0 Å². The van der Waals surface area contributed by atoms with Gasteiger partial charge < -0.3 is 10.1 Å². The van der Waals surface area contributed by atoms with Crippen molar-refractivity contribution in [1.29, 1.82) is 0 Å². The van der Waals surface area contributed by atoms with Gasteiger partial charge in [0.2, 0.25) is 5.91 Å². The van der Waals surface area contributed by atoms with Crippen LogP contribution in [0.5, 0.6) is 5.75 Å². The lowest BCUT2D eigenvalue weighted by atomic mass is 10.1. The van der Waals surface area contributed by atoms with E-state index in [0.29, 0.717) is 33.4 Å². The van der Waals surface area contributed by atoms with Gasteiger partial charge in [-0.1, -0.05) is 60.3 Å². The Labute approximate surface area is 199 Å². The molecular weight excluding hydrogens is 454 g/mol. The molecule has 1 amide bonds. The summed E-state index contributed by atoms with van der Waals surface area (Å²) in [6.07, 6.45) is 1.66. The number of hydrogen-bond acceptors (Lipinski definition) is 6. The van der Waals surface area contributed by atoms with Gasteiger partial charge in [0.15, 0.2) is 5.16 Å². The molecule has 0 fully saturated rings. The second kappa shape index (κ2) is 10.1. The summed E-state index contributed by atoms with van der Waals surface area (Å²) < 4.78 is 6.88. The number of carbonyl (C=O) groups is 1. The first-order valence-corrected chi connectivity index (χ1v) is 12.1. The van der Waals surface area contributed by atoms with Gasteiger partial charge in [-0.3, -0.25) is 14.2 Å². The van der Waals surface area contributed by atoms with E-state index in [1.54, 1.807) is 36.8 Å². The Morgan fingerprint density at radius 1 is 1.24 bits per heavy atom. The first-order valence-electron chi connectivity index (χ1n) is 10.3. The lowest BCUT2D eigenvalue weighted by Gasteiger charge is -2.16. The van der Waals surface area contributed by atoms with Crippen LogP contribution in [-0.4, -0.2) is 27.8 Å². The molecule has 0 bridgehead atoms. The summed E-state index contributed by atoms with van der Waals surface area (Å²) in [6, 6.07) is 17.0. The Hall–Kier alpha value is -3.36. The second-order valence-electron chi connectivity index (χ2n) is 7.24. The van der Waals surface area contributed by atoms with Gasteiger partial charge in [0.05, 0.1) is 23.4 Å². The predicted octanol–water partition coefficient (Wildman–Crippen LogP) is 5.44. The van der Waals surface area contributed by atoms with Crippen LogP contribution in [0.4, 0.5) is 5.69 Å². The highest BCUT2D eigenvalue weighted by Gasteiger charge is 2.22. The van der Waals surface area contributed by atoms with Gasteiger partial charge in [-0.2, -0.15) is 0 Å². The fourth-order valence-corrected chi connectivity index (χ4v) is 5.32. The number of allylic oxidation sites excluding steroid dienone is 1. The molecule has 168 valence electrons. The Bertz CT molecular complexity index is 1360. The normalized spacial score (nSPS) is 11.8. The number of aromatic nitrogens is 2. The number of thioether (sulfide) groups is 1. The fourth-order valence-electron chi connectivity index (χ4n) is 3.41. The number of carbonyl (C=O) groups excluding carboxylic acids is 1. The summed E-state index contributed by atoms with van der Waals surface area (Å²) in [6.45, 7) is 5.87. The van der Waals surface area contributed by atoms with Crippen molar-refractivity contribution in [2.75, 3.05) is 12.4 Å². The summed E-state index contributed by atoms with van der Waals surface area (Å²) in [5.74, 6) is 0.373. The van der Waals surface area contributed by atoms with Crippen molar-refractivity contribution in [1.82, 2.24) is 9.55 Å². The molecule has 33 heavy (non-hydrogen) atoms. The maximum absolute atomic E-state index is 13.5. The van der Waals surface area contributed by atoms with Crippen LogP contribution >= 0.6 is 23.1 Å². The van der Waals surface area contributed by atoms with Crippen molar-refractivity contribution in [2.24, 2.45) is 0 Å². The third-order valence-electron chi connectivity index (χ3n) is 5.07. The minimum Gasteiger partial charge on any atom is -0.495 e. The minimum atomic E-state index is -0.496. The number of para-hydroxylation sites is 2. The van der Waals surface area contributed by atoms with Gasteiger partial charge in [0.1, 0.15) is 10.6 Å². The average molecular weight is 478 g/mol. The lowest BCUT2D eigenvalue weighted by molar-refractivity contribution is -0.115. The van der Waals surface area contributed by atoms with E-state index in [4.69, 9.17) is 9.72 Å². The highest BCUT2D eigenvalue weighted by Crippen LogP contribution is 2.33. The zero-order valence-corrected chi connectivity index (χ0v) is 19.9. The monoisotopic (exact) mass is 477 g/mol. The number of amides is 1. The smallest absolute Gasteiger partial charge is 0.263 e. The van der Waals surface area contributed by atoms with Gasteiger partial charge in [-0.05, 0) is 24.6 Å². The van der Waals surface area contributed by atoms with E-state index < -0.39 is 5.25 Å². The van der Waals surface area contributed by atoms with E-state index in [9.17, 15) is 9.59 Å². The summed E-state index contributed by atoms with van der Waals surface area (Å²) >= 11 is 2.67. The first kappa shape index (κ1) is 22.8. The molecule has 0 aliphatic carbocycles. The van der Waals surface area contributed by atoms with E-state index in [-0.39, 0.29) is 11.5 Å². The van der Waals surface area contributed by atoms with Crippen molar-refractivity contribution in [2.45, 2.75) is 23.9 Å². The van der Waals surface area contributed by atoms with Crippen molar-refractivity contribution < 1.29 is 9.53 Å². The van der Waals surface area contributed by atoms with Crippen LogP contribution in [0.25, 0.3) is 21.3 Å². The van der Waals surface area contributed by atoms with E-state index in [1.807, 2.05) is 47.8 Å². The van der Waals surface area contributed by atoms with Crippen LogP contribution in [0.1, 0.15) is 6.92 Å². The van der Waals surface area contributed by atoms with Crippen molar-refractivity contribution in [3.63, 3.8) is 0 Å². The standard InChI is InChI=1S/C25H23N3O3S2/c1-4-14-28-24(30)21-18(17-10-6-5-7-11-17)15-32-23(21)27-25(28)33-16(2)22(29)26-19-12-8-9-13-20(19)31-3/h4-13,15-16H,1,14H2,2-3H3,(H,26,29). The summed E-state index contributed by atoms with van der Waals surface area (Å²) in [7, 11) is 1.56. The zero-order chi connectivity index (χ0) is 23.4. The Morgan fingerprint density at radius 2 is 1.97 bits per heavy atom. The highest BCUT2D eigenvalue weighted by atomic mass is 32.2. The second-order valence-corrected chi connectivity index (χ2v) is 9.41. The molecule has 4 aromatic rings. The topological polar surface area (TPSA) is 73.2 Å². The van der Waals surface area contributed by atoms with Crippen LogP contribution in [0.3, 0.4) is 0 Å². The van der Waals surface area contributed by atoms with Crippen LogP contribution in [0.2, 0.25) is 0 Å². The predicted molar refractivity (Wildman–Crippen MR) is 136 cm³/mol. The van der Waals surface area contributed by atoms with Crippen LogP contribution in [-0.2, 0) is 11.3 Å². The Kier molecular flexibility index (Phi) is 6.96. The number of ether oxygens (including phenoxy) is 1. The Morgan fingerprint density at radius 3 is 2.70 bits per heavy atom. The number of fused-ring (bicyclic) bond motifs is 1.